The standard InChI is InChI=1S/C17H23N5O/c1-3-7-21-8-5-12(10-21)22-15-13-4-6-18-16(13)19-9-14(15)20-17(22)11(2)23/h4,6,9,11-12,23H,3,5,7-8,10H2,1-2H3,(H,18,19)/t11-,12-/m1/s1. The number of nitrogens with one attached hydrogen (secondary N) is 1. The van der Waals surface area contributed by atoms with Gasteiger partial charge in [0.05, 0.1) is 11.7 Å². The number of aromatic amines is 1. The van der Waals surface area contributed by atoms with Gasteiger partial charge in [-0.2, -0.15) is 0 Å². The SMILES string of the molecule is CCCN1CC[C@@H](n2c([C@@H](C)O)nc3cnc4[nH]ccc4c32)C1. The third-order valence-electron chi connectivity index (χ3n) is 4.79. The van der Waals surface area contributed by atoms with Crippen LogP contribution in [0.2, 0.25) is 0 Å². The number of pyridine rings is 1. The van der Waals surface area contributed by atoms with Crippen LogP contribution in [0, 0.1) is 0 Å². The van der Waals surface area contributed by atoms with E-state index in [9.17, 15) is 5.11 Å². The first-order chi connectivity index (χ1) is 11.2. The Bertz CT molecular complexity index is 834. The molecule has 3 aromatic rings. The van der Waals surface area contributed by atoms with Crippen molar-refractivity contribution in [3.05, 3.63) is 24.3 Å². The predicted molar refractivity (Wildman–Crippen MR) is 90.4 cm³/mol. The molecule has 0 spiro atoms. The molecule has 6 nitrogen and oxygen atoms in total. The van der Waals surface area contributed by atoms with Crippen molar-refractivity contribution in [3.8, 4) is 0 Å². The van der Waals surface area contributed by atoms with E-state index < -0.39 is 6.10 Å². The lowest BCUT2D eigenvalue weighted by molar-refractivity contribution is 0.181. The van der Waals surface area contributed by atoms with Gasteiger partial charge in [0.2, 0.25) is 0 Å². The third kappa shape index (κ3) is 2.33. The van der Waals surface area contributed by atoms with Crippen molar-refractivity contribution in [1.82, 2.24) is 24.4 Å². The summed E-state index contributed by atoms with van der Waals surface area (Å²) in [4.78, 5) is 14.8. The maximum Gasteiger partial charge on any atom is 0.139 e. The average Bonchev–Trinajstić information content (AvgIpc) is 3.23. The Morgan fingerprint density at radius 1 is 1.48 bits per heavy atom. The molecule has 6 heteroatoms. The van der Waals surface area contributed by atoms with Crippen LogP contribution in [0.4, 0.5) is 0 Å². The Balaban J connectivity index is 1.89. The molecule has 0 aromatic carbocycles. The number of H-pyrrole nitrogens is 1. The summed E-state index contributed by atoms with van der Waals surface area (Å²) in [5.74, 6) is 0.749. The molecule has 0 unspecified atom stereocenters. The summed E-state index contributed by atoms with van der Waals surface area (Å²) in [6.45, 7) is 7.27. The Morgan fingerprint density at radius 3 is 3.13 bits per heavy atom. The number of rotatable bonds is 4. The molecule has 1 fully saturated rings. The van der Waals surface area contributed by atoms with Crippen LogP contribution >= 0.6 is 0 Å². The van der Waals surface area contributed by atoms with Crippen LogP contribution in [0.15, 0.2) is 18.5 Å². The lowest BCUT2D eigenvalue weighted by Crippen LogP contribution is -2.23. The summed E-state index contributed by atoms with van der Waals surface area (Å²) in [7, 11) is 0. The van der Waals surface area contributed by atoms with Crippen molar-refractivity contribution in [2.24, 2.45) is 0 Å². The first-order valence-corrected chi connectivity index (χ1v) is 8.43. The van der Waals surface area contributed by atoms with Crippen molar-refractivity contribution < 1.29 is 5.11 Å². The highest BCUT2D eigenvalue weighted by molar-refractivity contribution is 6.01. The fourth-order valence-corrected chi connectivity index (χ4v) is 3.82. The fourth-order valence-electron chi connectivity index (χ4n) is 3.82. The zero-order chi connectivity index (χ0) is 16.0. The van der Waals surface area contributed by atoms with Crippen molar-refractivity contribution in [2.75, 3.05) is 19.6 Å². The summed E-state index contributed by atoms with van der Waals surface area (Å²) in [6.07, 6.45) is 5.40. The molecule has 4 rings (SSSR count). The highest BCUT2D eigenvalue weighted by atomic mass is 16.3. The second-order valence-corrected chi connectivity index (χ2v) is 6.49. The van der Waals surface area contributed by atoms with Crippen molar-refractivity contribution in [2.45, 2.75) is 38.8 Å². The van der Waals surface area contributed by atoms with Gasteiger partial charge < -0.3 is 19.6 Å². The molecule has 122 valence electrons. The van der Waals surface area contributed by atoms with Crippen molar-refractivity contribution >= 4 is 22.1 Å². The lowest BCUT2D eigenvalue weighted by Gasteiger charge is -2.19. The molecule has 0 amide bonds. The number of aromatic nitrogens is 4. The highest BCUT2D eigenvalue weighted by Gasteiger charge is 2.29. The normalized spacial score (nSPS) is 20.7. The van der Waals surface area contributed by atoms with E-state index in [1.165, 1.54) is 6.42 Å². The van der Waals surface area contributed by atoms with E-state index in [0.717, 1.165) is 53.9 Å². The Hall–Kier alpha value is -1.92. The number of aliphatic hydroxyl groups excluding tert-OH is 1. The maximum absolute atomic E-state index is 10.2. The predicted octanol–water partition coefficient (Wildman–Crippen LogP) is 2.62. The lowest BCUT2D eigenvalue weighted by atomic mass is 10.2. The van der Waals surface area contributed by atoms with Crippen LogP contribution in [0.3, 0.4) is 0 Å². The molecule has 0 bridgehead atoms. The number of aliphatic hydroxyl groups is 1. The largest absolute Gasteiger partial charge is 0.385 e. The summed E-state index contributed by atoms with van der Waals surface area (Å²) in [6, 6.07) is 2.41. The monoisotopic (exact) mass is 313 g/mol. The maximum atomic E-state index is 10.2. The molecule has 4 heterocycles. The molecule has 1 aliphatic rings. The number of likely N-dealkylation sites (tertiary alicyclic amines) is 1. The zero-order valence-corrected chi connectivity index (χ0v) is 13.7. The number of hydrogen-bond acceptors (Lipinski definition) is 4. The van der Waals surface area contributed by atoms with Crippen LogP contribution < -0.4 is 0 Å². The average molecular weight is 313 g/mol. The molecule has 0 radical (unpaired) electrons. The van der Waals surface area contributed by atoms with E-state index in [1.807, 2.05) is 12.3 Å². The van der Waals surface area contributed by atoms with Gasteiger partial charge in [0, 0.05) is 30.7 Å². The molecule has 2 atom stereocenters. The molecule has 23 heavy (non-hydrogen) atoms. The third-order valence-corrected chi connectivity index (χ3v) is 4.79. The Morgan fingerprint density at radius 2 is 2.35 bits per heavy atom. The number of fused-ring (bicyclic) bond motifs is 3. The molecule has 2 N–H and O–H groups in total. The zero-order valence-electron chi connectivity index (χ0n) is 13.7. The molecule has 3 aromatic heterocycles. The number of imidazole rings is 1. The summed E-state index contributed by atoms with van der Waals surface area (Å²) < 4.78 is 2.26. The molecule has 0 aliphatic carbocycles. The van der Waals surface area contributed by atoms with Crippen molar-refractivity contribution in [1.29, 1.82) is 0 Å². The quantitative estimate of drug-likeness (QED) is 0.777. The first-order valence-electron chi connectivity index (χ1n) is 8.43. The van der Waals surface area contributed by atoms with E-state index in [4.69, 9.17) is 0 Å². The highest BCUT2D eigenvalue weighted by Crippen LogP contribution is 2.33. The summed E-state index contributed by atoms with van der Waals surface area (Å²) in [5.41, 5.74) is 2.83. The van der Waals surface area contributed by atoms with Crippen LogP contribution in [0.1, 0.15) is 44.7 Å². The topological polar surface area (TPSA) is 70.0 Å². The fraction of sp³-hybridized carbons (Fsp3) is 0.529. The van der Waals surface area contributed by atoms with Gasteiger partial charge in [0.15, 0.2) is 0 Å². The van der Waals surface area contributed by atoms with E-state index in [-0.39, 0.29) is 0 Å². The van der Waals surface area contributed by atoms with E-state index in [2.05, 4.69) is 31.3 Å². The van der Waals surface area contributed by atoms with Crippen LogP contribution in [0.25, 0.3) is 22.1 Å². The molecule has 1 aliphatic heterocycles. The van der Waals surface area contributed by atoms with Gasteiger partial charge in [-0.25, -0.2) is 9.97 Å². The van der Waals surface area contributed by atoms with Crippen LogP contribution in [0.5, 0.6) is 0 Å². The van der Waals surface area contributed by atoms with Gasteiger partial charge >= 0.3 is 0 Å². The van der Waals surface area contributed by atoms with Gasteiger partial charge in [-0.3, -0.25) is 0 Å². The van der Waals surface area contributed by atoms with Gasteiger partial charge in [0.25, 0.3) is 0 Å². The van der Waals surface area contributed by atoms with E-state index in [0.29, 0.717) is 6.04 Å². The Labute approximate surface area is 135 Å². The molecule has 0 saturated carbocycles. The van der Waals surface area contributed by atoms with Gasteiger partial charge in [-0.15, -0.1) is 0 Å². The minimum Gasteiger partial charge on any atom is -0.385 e. The van der Waals surface area contributed by atoms with E-state index >= 15 is 0 Å². The van der Waals surface area contributed by atoms with Gasteiger partial charge in [-0.05, 0) is 32.4 Å². The van der Waals surface area contributed by atoms with Crippen LogP contribution in [-0.4, -0.2) is 49.2 Å². The second-order valence-electron chi connectivity index (χ2n) is 6.49. The molecule has 1 saturated heterocycles. The minimum atomic E-state index is -0.586. The molecular weight excluding hydrogens is 290 g/mol. The Kier molecular flexibility index (Phi) is 3.58. The number of hydrogen-bond donors (Lipinski definition) is 2. The van der Waals surface area contributed by atoms with Crippen molar-refractivity contribution in [3.63, 3.8) is 0 Å². The second kappa shape index (κ2) is 5.62. The summed E-state index contributed by atoms with van der Waals surface area (Å²) in [5, 5.41) is 11.3. The number of nitrogens with zero attached hydrogens (tertiary/aromatic N) is 4. The smallest absolute Gasteiger partial charge is 0.139 e. The minimum absolute atomic E-state index is 0.358. The summed E-state index contributed by atoms with van der Waals surface area (Å²) >= 11 is 0. The first kappa shape index (κ1) is 14.7. The molecular formula is C17H23N5O. The van der Waals surface area contributed by atoms with Crippen LogP contribution in [-0.2, 0) is 0 Å². The van der Waals surface area contributed by atoms with E-state index in [1.54, 1.807) is 13.1 Å². The van der Waals surface area contributed by atoms with Gasteiger partial charge in [0.1, 0.15) is 23.1 Å². The van der Waals surface area contributed by atoms with Gasteiger partial charge in [-0.1, -0.05) is 6.92 Å².